The Balaban J connectivity index is 1.80. The molecule has 1 unspecified atom stereocenters. The summed E-state index contributed by atoms with van der Waals surface area (Å²) in [7, 11) is 5.60. The molecule has 0 saturated carbocycles. The van der Waals surface area contributed by atoms with Crippen molar-refractivity contribution in [3.63, 3.8) is 0 Å². The summed E-state index contributed by atoms with van der Waals surface area (Å²) in [6.45, 7) is 1.71. The number of hydrogen-bond donors (Lipinski definition) is 1. The van der Waals surface area contributed by atoms with E-state index in [1.807, 2.05) is 43.3 Å². The van der Waals surface area contributed by atoms with E-state index >= 15 is 0 Å². The van der Waals surface area contributed by atoms with E-state index in [0.717, 1.165) is 5.69 Å². The number of carbonyl (C=O) groups is 2. The van der Waals surface area contributed by atoms with Gasteiger partial charge in [0.2, 0.25) is 0 Å². The van der Waals surface area contributed by atoms with E-state index in [9.17, 15) is 9.59 Å². The predicted octanol–water partition coefficient (Wildman–Crippen LogP) is 2.75. The van der Waals surface area contributed by atoms with Crippen LogP contribution in [0, 0.1) is 0 Å². The number of hydrogen-bond acceptors (Lipinski definition) is 4. The fourth-order valence-electron chi connectivity index (χ4n) is 2.70. The first-order valence-electron chi connectivity index (χ1n) is 8.04. The lowest BCUT2D eigenvalue weighted by molar-refractivity contribution is -0.125. The lowest BCUT2D eigenvalue weighted by Gasteiger charge is -2.30. The molecule has 0 saturated heterocycles. The molecule has 0 fully saturated rings. The van der Waals surface area contributed by atoms with Crippen molar-refractivity contribution in [3.05, 3.63) is 48.0 Å². The third kappa shape index (κ3) is 3.28. The van der Waals surface area contributed by atoms with E-state index in [1.165, 1.54) is 4.90 Å². The molecule has 2 aromatic rings. The molecule has 2 amide bonds. The maximum atomic E-state index is 12.5. The fourth-order valence-corrected chi connectivity index (χ4v) is 2.70. The number of rotatable bonds is 3. The second kappa shape index (κ2) is 6.47. The zero-order valence-corrected chi connectivity index (χ0v) is 14.7. The van der Waals surface area contributed by atoms with Crippen molar-refractivity contribution in [2.24, 2.45) is 0 Å². The molecular formula is C19H21N3O3. The van der Waals surface area contributed by atoms with Crippen LogP contribution in [-0.2, 0) is 4.79 Å². The van der Waals surface area contributed by atoms with Crippen LogP contribution in [0.3, 0.4) is 0 Å². The Hall–Kier alpha value is -3.02. The Morgan fingerprint density at radius 3 is 2.48 bits per heavy atom. The average Bonchev–Trinajstić information content (AvgIpc) is 2.60. The number of nitrogens with one attached hydrogen (secondary N) is 1. The van der Waals surface area contributed by atoms with Crippen molar-refractivity contribution in [2.45, 2.75) is 13.0 Å². The maximum Gasteiger partial charge on any atom is 0.267 e. The van der Waals surface area contributed by atoms with Crippen LogP contribution in [0.4, 0.5) is 17.1 Å². The second-order valence-corrected chi connectivity index (χ2v) is 6.24. The lowest BCUT2D eigenvalue weighted by atomic mass is 10.1. The summed E-state index contributed by atoms with van der Waals surface area (Å²) in [5.74, 6) is 0.227. The van der Waals surface area contributed by atoms with Gasteiger partial charge in [0.1, 0.15) is 5.75 Å². The largest absolute Gasteiger partial charge is 0.479 e. The molecule has 1 heterocycles. The van der Waals surface area contributed by atoms with Crippen molar-refractivity contribution in [1.82, 2.24) is 0 Å². The SMILES string of the molecule is CC1Oc2ccc(C(=O)Nc3ccc(N(C)C)cc3)cc2N(C)C1=O. The van der Waals surface area contributed by atoms with Crippen molar-refractivity contribution in [1.29, 1.82) is 0 Å². The number of amides is 2. The minimum atomic E-state index is -0.521. The van der Waals surface area contributed by atoms with E-state index < -0.39 is 6.10 Å². The minimum absolute atomic E-state index is 0.135. The monoisotopic (exact) mass is 339 g/mol. The first kappa shape index (κ1) is 16.8. The second-order valence-electron chi connectivity index (χ2n) is 6.24. The van der Waals surface area contributed by atoms with Crippen molar-refractivity contribution in [3.8, 4) is 5.75 Å². The summed E-state index contributed by atoms with van der Waals surface area (Å²) in [4.78, 5) is 28.1. The number of fused-ring (bicyclic) bond motifs is 1. The molecule has 3 rings (SSSR count). The summed E-state index contributed by atoms with van der Waals surface area (Å²) >= 11 is 0. The molecule has 2 aromatic carbocycles. The van der Waals surface area contributed by atoms with Crippen LogP contribution >= 0.6 is 0 Å². The molecule has 0 aliphatic carbocycles. The molecule has 1 atom stereocenters. The topological polar surface area (TPSA) is 61.9 Å². The average molecular weight is 339 g/mol. The normalized spacial score (nSPS) is 16.1. The van der Waals surface area contributed by atoms with Crippen LogP contribution in [0.2, 0.25) is 0 Å². The maximum absolute atomic E-state index is 12.5. The molecule has 0 radical (unpaired) electrons. The van der Waals surface area contributed by atoms with E-state index in [4.69, 9.17) is 4.74 Å². The van der Waals surface area contributed by atoms with E-state index in [-0.39, 0.29) is 11.8 Å². The van der Waals surface area contributed by atoms with Crippen LogP contribution in [0.15, 0.2) is 42.5 Å². The van der Waals surface area contributed by atoms with Gasteiger partial charge in [0.05, 0.1) is 5.69 Å². The number of ether oxygens (including phenoxy) is 1. The zero-order valence-electron chi connectivity index (χ0n) is 14.7. The third-order valence-corrected chi connectivity index (χ3v) is 4.21. The summed E-state index contributed by atoms with van der Waals surface area (Å²) in [6, 6.07) is 12.7. The number of anilines is 3. The summed E-state index contributed by atoms with van der Waals surface area (Å²) in [6.07, 6.45) is -0.521. The standard InChI is InChI=1S/C19H21N3O3/c1-12-19(24)22(4)16-11-13(5-10-17(16)25-12)18(23)20-14-6-8-15(9-7-14)21(2)3/h5-12H,1-4H3,(H,20,23). The van der Waals surface area contributed by atoms with Crippen LogP contribution in [0.25, 0.3) is 0 Å². The van der Waals surface area contributed by atoms with Gasteiger partial charge >= 0.3 is 0 Å². The molecule has 1 aliphatic rings. The first-order chi connectivity index (χ1) is 11.9. The van der Waals surface area contributed by atoms with Crippen LogP contribution in [0.1, 0.15) is 17.3 Å². The Morgan fingerprint density at radius 2 is 1.84 bits per heavy atom. The molecular weight excluding hydrogens is 318 g/mol. The smallest absolute Gasteiger partial charge is 0.267 e. The summed E-state index contributed by atoms with van der Waals surface area (Å²) in [5.41, 5.74) is 2.83. The highest BCUT2D eigenvalue weighted by Gasteiger charge is 2.29. The van der Waals surface area contributed by atoms with Crippen molar-refractivity contribution >= 4 is 28.9 Å². The minimum Gasteiger partial charge on any atom is -0.479 e. The molecule has 130 valence electrons. The molecule has 0 bridgehead atoms. The highest BCUT2D eigenvalue weighted by molar-refractivity contribution is 6.07. The number of carbonyl (C=O) groups excluding carboxylic acids is 2. The Morgan fingerprint density at radius 1 is 1.16 bits per heavy atom. The van der Waals surface area contributed by atoms with Crippen LogP contribution in [-0.4, -0.2) is 39.1 Å². The van der Waals surface area contributed by atoms with Gasteiger partial charge in [-0.2, -0.15) is 0 Å². The van der Waals surface area contributed by atoms with E-state index in [0.29, 0.717) is 22.7 Å². The van der Waals surface area contributed by atoms with Gasteiger partial charge in [0.15, 0.2) is 6.10 Å². The van der Waals surface area contributed by atoms with Gasteiger partial charge in [-0.05, 0) is 49.4 Å². The Kier molecular flexibility index (Phi) is 4.35. The van der Waals surface area contributed by atoms with Gasteiger partial charge in [-0.15, -0.1) is 0 Å². The van der Waals surface area contributed by atoms with E-state index in [2.05, 4.69) is 5.32 Å². The molecule has 0 spiro atoms. The van der Waals surface area contributed by atoms with Gasteiger partial charge in [-0.1, -0.05) is 0 Å². The molecule has 1 aliphatic heterocycles. The third-order valence-electron chi connectivity index (χ3n) is 4.21. The molecule has 6 nitrogen and oxygen atoms in total. The number of benzene rings is 2. The van der Waals surface area contributed by atoms with Crippen LogP contribution in [0.5, 0.6) is 5.75 Å². The highest BCUT2D eigenvalue weighted by Crippen LogP contribution is 2.34. The lowest BCUT2D eigenvalue weighted by Crippen LogP contribution is -2.42. The zero-order chi connectivity index (χ0) is 18.1. The first-order valence-corrected chi connectivity index (χ1v) is 8.04. The van der Waals surface area contributed by atoms with Gasteiger partial charge < -0.3 is 19.9 Å². The van der Waals surface area contributed by atoms with Gasteiger partial charge in [-0.25, -0.2) is 0 Å². The predicted molar refractivity (Wildman–Crippen MR) is 98.7 cm³/mol. The summed E-state index contributed by atoms with van der Waals surface area (Å²) < 4.78 is 5.58. The molecule has 1 N–H and O–H groups in total. The molecule has 0 aromatic heterocycles. The van der Waals surface area contributed by atoms with Crippen molar-refractivity contribution in [2.75, 3.05) is 36.3 Å². The van der Waals surface area contributed by atoms with Gasteiger partial charge in [0.25, 0.3) is 11.8 Å². The quantitative estimate of drug-likeness (QED) is 0.934. The van der Waals surface area contributed by atoms with Gasteiger partial charge in [-0.3, -0.25) is 9.59 Å². The Bertz CT molecular complexity index is 815. The highest BCUT2D eigenvalue weighted by atomic mass is 16.5. The molecule has 25 heavy (non-hydrogen) atoms. The van der Waals surface area contributed by atoms with Crippen molar-refractivity contribution < 1.29 is 14.3 Å². The fraction of sp³-hybridized carbons (Fsp3) is 0.263. The summed E-state index contributed by atoms with van der Waals surface area (Å²) in [5, 5.41) is 2.86. The van der Waals surface area contributed by atoms with Crippen LogP contribution < -0.4 is 19.9 Å². The van der Waals surface area contributed by atoms with E-state index in [1.54, 1.807) is 32.2 Å². The van der Waals surface area contributed by atoms with Gasteiger partial charge in [0, 0.05) is 38.1 Å². The Labute approximate surface area is 147 Å². The molecule has 6 heteroatoms. The number of nitrogens with zero attached hydrogens (tertiary/aromatic N) is 2. The number of likely N-dealkylation sites (N-methyl/N-ethyl adjacent to an activating group) is 1.